The van der Waals surface area contributed by atoms with E-state index >= 15 is 0 Å². The fourth-order valence-electron chi connectivity index (χ4n) is 1.36. The molecule has 0 fully saturated rings. The van der Waals surface area contributed by atoms with Crippen molar-refractivity contribution in [1.29, 1.82) is 0 Å². The minimum absolute atomic E-state index is 0.887. The maximum Gasteiger partial charge on any atom is 0.0494 e. The molecule has 0 atom stereocenters. The molecule has 1 aromatic heterocycles. The van der Waals surface area contributed by atoms with Crippen LogP contribution >= 0.6 is 49.9 Å². The van der Waals surface area contributed by atoms with E-state index in [-0.39, 0.29) is 0 Å². The van der Waals surface area contributed by atoms with Crippen molar-refractivity contribution < 1.29 is 0 Å². The van der Waals surface area contributed by atoms with Crippen LogP contribution in [0.3, 0.4) is 0 Å². The molecular weight excluding hydrogens is 397 g/mol. The lowest BCUT2D eigenvalue weighted by Gasteiger charge is -2.04. The quantitative estimate of drug-likeness (QED) is 0.703. The van der Waals surface area contributed by atoms with E-state index in [1.54, 1.807) is 0 Å². The first-order valence-electron chi connectivity index (χ1n) is 4.89. The van der Waals surface area contributed by atoms with Crippen molar-refractivity contribution >= 4 is 55.5 Å². The van der Waals surface area contributed by atoms with Crippen LogP contribution in [-0.4, -0.2) is 0 Å². The molecule has 0 aliphatic carbocycles. The molecule has 1 nitrogen and oxygen atoms in total. The first-order chi connectivity index (χ1) is 7.65. The number of anilines is 1. The van der Waals surface area contributed by atoms with Crippen LogP contribution in [0.2, 0.25) is 0 Å². The first-order valence-corrected chi connectivity index (χ1v) is 7.58. The maximum absolute atomic E-state index is 3.53. The van der Waals surface area contributed by atoms with Crippen LogP contribution in [0.25, 0.3) is 0 Å². The third-order valence-corrected chi connectivity index (χ3v) is 5.07. The minimum Gasteiger partial charge on any atom is -0.380 e. The zero-order valence-electron chi connectivity index (χ0n) is 8.76. The van der Waals surface area contributed by atoms with Crippen LogP contribution in [-0.2, 0) is 6.54 Å². The Bertz CT molecular complexity index is 459. The summed E-state index contributed by atoms with van der Waals surface area (Å²) in [7, 11) is 0. The molecule has 0 spiro atoms. The Kier molecular flexibility index (Phi) is 4.27. The Morgan fingerprint density at radius 2 is 2.00 bits per heavy atom. The summed E-state index contributed by atoms with van der Waals surface area (Å²) in [5, 5.41) is 3.41. The monoisotopic (exact) mass is 407 g/mol. The van der Waals surface area contributed by atoms with Gasteiger partial charge in [-0.15, -0.1) is 11.3 Å². The van der Waals surface area contributed by atoms with E-state index in [0.29, 0.717) is 0 Å². The van der Waals surface area contributed by atoms with E-state index in [4.69, 9.17) is 0 Å². The van der Waals surface area contributed by atoms with Gasteiger partial charge in [-0.2, -0.15) is 0 Å². The highest BCUT2D eigenvalue weighted by Crippen LogP contribution is 2.26. The summed E-state index contributed by atoms with van der Waals surface area (Å²) in [6.07, 6.45) is 0. The number of hydrogen-bond donors (Lipinski definition) is 1. The van der Waals surface area contributed by atoms with Crippen molar-refractivity contribution in [2.75, 3.05) is 5.32 Å². The second-order valence-electron chi connectivity index (χ2n) is 3.48. The molecule has 0 bridgehead atoms. The lowest BCUT2D eigenvalue weighted by Crippen LogP contribution is -1.96. The predicted molar refractivity (Wildman–Crippen MR) is 83.2 cm³/mol. The fraction of sp³-hybridized carbons (Fsp3) is 0.167. The molecule has 0 aliphatic rings. The molecule has 0 saturated carbocycles. The summed E-state index contributed by atoms with van der Waals surface area (Å²) < 4.78 is 2.47. The molecule has 4 heteroatoms. The average molecular weight is 408 g/mol. The number of thiophene rings is 1. The van der Waals surface area contributed by atoms with Gasteiger partial charge in [0.2, 0.25) is 0 Å². The standard InChI is InChI=1S/C12H11BrINS/c1-8-12(13)6-11(16-8)7-15-10-4-2-9(14)3-5-10/h2-6,15H,7H2,1H3. The summed E-state index contributed by atoms with van der Waals surface area (Å²) in [5.74, 6) is 0. The summed E-state index contributed by atoms with van der Waals surface area (Å²) in [5.41, 5.74) is 1.17. The third-order valence-electron chi connectivity index (χ3n) is 2.22. The van der Waals surface area contributed by atoms with Gasteiger partial charge in [-0.3, -0.25) is 0 Å². The molecular formula is C12H11BrINS. The van der Waals surface area contributed by atoms with Gasteiger partial charge in [0, 0.05) is 30.0 Å². The van der Waals surface area contributed by atoms with Crippen molar-refractivity contribution in [3.63, 3.8) is 0 Å². The molecule has 0 amide bonds. The van der Waals surface area contributed by atoms with Gasteiger partial charge in [-0.05, 0) is 75.8 Å². The van der Waals surface area contributed by atoms with Crippen molar-refractivity contribution in [3.8, 4) is 0 Å². The molecule has 1 aromatic carbocycles. The zero-order chi connectivity index (χ0) is 11.5. The smallest absolute Gasteiger partial charge is 0.0494 e. The number of rotatable bonds is 3. The van der Waals surface area contributed by atoms with Gasteiger partial charge in [-0.1, -0.05) is 0 Å². The molecule has 0 aliphatic heterocycles. The Labute approximate surface area is 122 Å². The van der Waals surface area contributed by atoms with Crippen LogP contribution in [0, 0.1) is 10.5 Å². The maximum atomic E-state index is 3.53. The highest BCUT2D eigenvalue weighted by atomic mass is 127. The highest BCUT2D eigenvalue weighted by molar-refractivity contribution is 14.1. The zero-order valence-corrected chi connectivity index (χ0v) is 13.3. The topological polar surface area (TPSA) is 12.0 Å². The molecule has 2 rings (SSSR count). The van der Waals surface area contributed by atoms with Crippen molar-refractivity contribution in [2.45, 2.75) is 13.5 Å². The second-order valence-corrected chi connectivity index (χ2v) is 6.92. The van der Waals surface area contributed by atoms with E-state index in [1.165, 1.54) is 23.5 Å². The van der Waals surface area contributed by atoms with Gasteiger partial charge >= 0.3 is 0 Å². The van der Waals surface area contributed by atoms with E-state index < -0.39 is 0 Å². The molecule has 1 N–H and O–H groups in total. The van der Waals surface area contributed by atoms with Crippen molar-refractivity contribution in [2.24, 2.45) is 0 Å². The Morgan fingerprint density at radius 3 is 2.56 bits per heavy atom. The molecule has 84 valence electrons. The number of aryl methyl sites for hydroxylation is 1. The van der Waals surface area contributed by atoms with E-state index in [2.05, 4.69) is 81.1 Å². The molecule has 0 saturated heterocycles. The van der Waals surface area contributed by atoms with Crippen LogP contribution in [0.4, 0.5) is 5.69 Å². The molecule has 1 heterocycles. The Hall–Kier alpha value is -0.0700. The lowest BCUT2D eigenvalue weighted by atomic mass is 10.3. The number of nitrogens with one attached hydrogen (secondary N) is 1. The normalized spacial score (nSPS) is 10.4. The Morgan fingerprint density at radius 1 is 1.31 bits per heavy atom. The van der Waals surface area contributed by atoms with Crippen molar-refractivity contribution in [1.82, 2.24) is 0 Å². The summed E-state index contributed by atoms with van der Waals surface area (Å²) in [4.78, 5) is 2.68. The molecule has 0 radical (unpaired) electrons. The summed E-state index contributed by atoms with van der Waals surface area (Å²) >= 11 is 7.67. The largest absolute Gasteiger partial charge is 0.380 e. The molecule has 2 aromatic rings. The van der Waals surface area contributed by atoms with Gasteiger partial charge in [0.1, 0.15) is 0 Å². The van der Waals surface area contributed by atoms with Gasteiger partial charge < -0.3 is 5.32 Å². The van der Waals surface area contributed by atoms with Crippen molar-refractivity contribution in [3.05, 3.63) is 48.1 Å². The second kappa shape index (κ2) is 5.51. The van der Waals surface area contributed by atoms with Gasteiger partial charge in [0.05, 0.1) is 0 Å². The molecule has 0 unspecified atom stereocenters. The third kappa shape index (κ3) is 3.21. The van der Waals surface area contributed by atoms with E-state index in [1.807, 2.05) is 11.3 Å². The first kappa shape index (κ1) is 12.4. The Balaban J connectivity index is 1.99. The SMILES string of the molecule is Cc1sc(CNc2ccc(I)cc2)cc1Br. The summed E-state index contributed by atoms with van der Waals surface area (Å²) in [6.45, 7) is 3.01. The summed E-state index contributed by atoms with van der Waals surface area (Å²) in [6, 6.07) is 10.6. The highest BCUT2D eigenvalue weighted by Gasteiger charge is 2.02. The number of hydrogen-bond acceptors (Lipinski definition) is 2. The lowest BCUT2D eigenvalue weighted by molar-refractivity contribution is 1.19. The van der Waals surface area contributed by atoms with E-state index in [9.17, 15) is 0 Å². The van der Waals surface area contributed by atoms with Gasteiger partial charge in [-0.25, -0.2) is 0 Å². The number of benzene rings is 1. The van der Waals surface area contributed by atoms with Gasteiger partial charge in [0.25, 0.3) is 0 Å². The van der Waals surface area contributed by atoms with E-state index in [0.717, 1.165) is 6.54 Å². The minimum atomic E-state index is 0.887. The predicted octanol–water partition coefficient (Wildman–Crippen LogP) is 5.04. The molecule has 16 heavy (non-hydrogen) atoms. The number of halogens is 2. The van der Waals surface area contributed by atoms with Gasteiger partial charge in [0.15, 0.2) is 0 Å². The van der Waals surface area contributed by atoms with Crippen LogP contribution < -0.4 is 5.32 Å². The van der Waals surface area contributed by atoms with Crippen LogP contribution in [0.15, 0.2) is 34.8 Å². The fourth-order valence-corrected chi connectivity index (χ4v) is 3.26. The van der Waals surface area contributed by atoms with Crippen LogP contribution in [0.1, 0.15) is 9.75 Å². The van der Waals surface area contributed by atoms with Crippen LogP contribution in [0.5, 0.6) is 0 Å². The average Bonchev–Trinajstić information content (AvgIpc) is 2.58.